The Kier molecular flexibility index (Phi) is 3.39. The third-order valence-electron chi connectivity index (χ3n) is 3.32. The molecule has 0 saturated carbocycles. The van der Waals surface area contributed by atoms with Gasteiger partial charge in [-0.25, -0.2) is 9.18 Å². The van der Waals surface area contributed by atoms with Gasteiger partial charge in [-0.05, 0) is 56.4 Å². The number of rotatable bonds is 1. The molecule has 0 aromatic heterocycles. The molecule has 4 heteroatoms. The summed E-state index contributed by atoms with van der Waals surface area (Å²) in [6.45, 7) is 7.33. The second-order valence-electron chi connectivity index (χ2n) is 6.17. The molecule has 19 heavy (non-hydrogen) atoms. The average Bonchev–Trinajstić information content (AvgIpc) is 2.53. The second-order valence-corrected chi connectivity index (χ2v) is 6.17. The predicted molar refractivity (Wildman–Crippen MR) is 71.5 cm³/mol. The topological polar surface area (TPSA) is 52.3 Å². The fourth-order valence-corrected chi connectivity index (χ4v) is 2.64. The third kappa shape index (κ3) is 2.63. The van der Waals surface area contributed by atoms with Gasteiger partial charge in [-0.15, -0.1) is 0 Å². The van der Waals surface area contributed by atoms with Gasteiger partial charge in [-0.2, -0.15) is 0 Å². The fourth-order valence-electron chi connectivity index (χ4n) is 2.64. The Hall–Kier alpha value is -1.42. The molecule has 0 radical (unpaired) electrons. The minimum Gasteiger partial charge on any atom is -0.456 e. The van der Waals surface area contributed by atoms with Crippen LogP contribution >= 0.6 is 0 Å². The molecule has 1 aromatic carbocycles. The molecule has 0 fully saturated rings. The minimum atomic E-state index is -0.577. The standard InChI is InChI=1S/C15H20FNO2/c1-8-7-11(17)13-9(5-6-10(16)12(8)13)14(18)19-15(2,3)4/h5-6,8,11H,7,17H2,1-4H3/t8-,11+/m1/s1. The van der Waals surface area contributed by atoms with E-state index in [4.69, 9.17) is 10.5 Å². The highest BCUT2D eigenvalue weighted by Crippen LogP contribution is 2.42. The summed E-state index contributed by atoms with van der Waals surface area (Å²) in [4.78, 5) is 12.2. The zero-order valence-corrected chi connectivity index (χ0v) is 11.8. The Labute approximate surface area is 112 Å². The number of benzene rings is 1. The smallest absolute Gasteiger partial charge is 0.338 e. The molecule has 0 saturated heterocycles. The first kappa shape index (κ1) is 14.0. The van der Waals surface area contributed by atoms with Crippen LogP contribution in [0.2, 0.25) is 0 Å². The number of fused-ring (bicyclic) bond motifs is 1. The summed E-state index contributed by atoms with van der Waals surface area (Å²) in [7, 11) is 0. The summed E-state index contributed by atoms with van der Waals surface area (Å²) in [6.07, 6.45) is 0.659. The van der Waals surface area contributed by atoms with Crippen LogP contribution in [0.5, 0.6) is 0 Å². The normalized spacial score (nSPS) is 22.2. The van der Waals surface area contributed by atoms with Gasteiger partial charge in [0.1, 0.15) is 11.4 Å². The van der Waals surface area contributed by atoms with Gasteiger partial charge >= 0.3 is 5.97 Å². The van der Waals surface area contributed by atoms with Crippen molar-refractivity contribution in [2.75, 3.05) is 0 Å². The number of ether oxygens (including phenoxy) is 1. The first-order valence-corrected chi connectivity index (χ1v) is 6.52. The van der Waals surface area contributed by atoms with Gasteiger partial charge in [-0.3, -0.25) is 0 Å². The molecule has 2 rings (SSSR count). The van der Waals surface area contributed by atoms with Crippen LogP contribution < -0.4 is 5.73 Å². The van der Waals surface area contributed by atoms with E-state index < -0.39 is 11.6 Å². The lowest BCUT2D eigenvalue weighted by atomic mass is 9.98. The maximum absolute atomic E-state index is 13.9. The summed E-state index contributed by atoms with van der Waals surface area (Å²) in [5, 5.41) is 0. The predicted octanol–water partition coefficient (Wildman–Crippen LogP) is 3.29. The molecular weight excluding hydrogens is 245 g/mol. The molecule has 2 N–H and O–H groups in total. The summed E-state index contributed by atoms with van der Waals surface area (Å²) < 4.78 is 19.2. The van der Waals surface area contributed by atoms with Crippen LogP contribution in [0.25, 0.3) is 0 Å². The van der Waals surface area contributed by atoms with E-state index in [1.807, 2.05) is 6.92 Å². The lowest BCUT2D eigenvalue weighted by Gasteiger charge is -2.21. The van der Waals surface area contributed by atoms with Crippen molar-refractivity contribution in [3.8, 4) is 0 Å². The molecule has 0 aliphatic heterocycles. The molecule has 0 unspecified atom stereocenters. The van der Waals surface area contributed by atoms with Crippen molar-refractivity contribution in [3.63, 3.8) is 0 Å². The van der Waals surface area contributed by atoms with Crippen molar-refractivity contribution < 1.29 is 13.9 Å². The molecule has 0 amide bonds. The largest absolute Gasteiger partial charge is 0.456 e. The summed E-state index contributed by atoms with van der Waals surface area (Å²) >= 11 is 0. The molecule has 0 heterocycles. The van der Waals surface area contributed by atoms with Gasteiger partial charge in [-0.1, -0.05) is 6.92 Å². The average molecular weight is 265 g/mol. The van der Waals surface area contributed by atoms with Crippen LogP contribution in [0.3, 0.4) is 0 Å². The van der Waals surface area contributed by atoms with E-state index in [1.54, 1.807) is 20.8 Å². The zero-order chi connectivity index (χ0) is 14.4. The number of nitrogens with two attached hydrogens (primary N) is 1. The third-order valence-corrected chi connectivity index (χ3v) is 3.32. The summed E-state index contributed by atoms with van der Waals surface area (Å²) in [6, 6.07) is 2.50. The van der Waals surface area contributed by atoms with E-state index in [9.17, 15) is 9.18 Å². The maximum Gasteiger partial charge on any atom is 0.338 e. The molecule has 0 spiro atoms. The van der Waals surface area contributed by atoms with Gasteiger partial charge in [0, 0.05) is 6.04 Å². The minimum absolute atomic E-state index is 0.0346. The number of hydrogen-bond donors (Lipinski definition) is 1. The van der Waals surface area contributed by atoms with E-state index in [0.717, 1.165) is 0 Å². The van der Waals surface area contributed by atoms with E-state index in [-0.39, 0.29) is 17.8 Å². The molecule has 104 valence electrons. The molecule has 1 aliphatic rings. The van der Waals surface area contributed by atoms with Crippen LogP contribution in [0.1, 0.15) is 67.6 Å². The number of esters is 1. The highest BCUT2D eigenvalue weighted by atomic mass is 19.1. The SMILES string of the molecule is C[C@@H]1C[C@H](N)c2c(C(=O)OC(C)(C)C)ccc(F)c21. The number of hydrogen-bond acceptors (Lipinski definition) is 3. The van der Waals surface area contributed by atoms with Gasteiger partial charge < -0.3 is 10.5 Å². The monoisotopic (exact) mass is 265 g/mol. The number of carbonyl (C=O) groups is 1. The first-order valence-electron chi connectivity index (χ1n) is 6.52. The van der Waals surface area contributed by atoms with E-state index >= 15 is 0 Å². The highest BCUT2D eigenvalue weighted by Gasteiger charge is 2.34. The zero-order valence-electron chi connectivity index (χ0n) is 11.8. The van der Waals surface area contributed by atoms with Crippen molar-refractivity contribution in [1.29, 1.82) is 0 Å². The van der Waals surface area contributed by atoms with Crippen molar-refractivity contribution >= 4 is 5.97 Å². The Bertz CT molecular complexity index is 520. The molecular formula is C15H20FNO2. The summed E-state index contributed by atoms with van der Waals surface area (Å²) in [5.74, 6) is -0.691. The molecule has 1 aromatic rings. The van der Waals surface area contributed by atoms with E-state index in [0.29, 0.717) is 23.1 Å². The first-order chi connectivity index (χ1) is 8.70. The van der Waals surface area contributed by atoms with Crippen molar-refractivity contribution in [2.45, 2.75) is 51.7 Å². The van der Waals surface area contributed by atoms with Crippen molar-refractivity contribution in [1.82, 2.24) is 0 Å². The van der Waals surface area contributed by atoms with Crippen LogP contribution in [0, 0.1) is 5.82 Å². The lowest BCUT2D eigenvalue weighted by Crippen LogP contribution is -2.25. The fraction of sp³-hybridized carbons (Fsp3) is 0.533. The molecule has 1 aliphatic carbocycles. The van der Waals surface area contributed by atoms with Crippen LogP contribution in [0.15, 0.2) is 12.1 Å². The molecule has 2 atom stereocenters. The molecule has 3 nitrogen and oxygen atoms in total. The van der Waals surface area contributed by atoms with Gasteiger partial charge in [0.15, 0.2) is 0 Å². The second kappa shape index (κ2) is 4.60. The Morgan fingerprint density at radius 3 is 2.58 bits per heavy atom. The highest BCUT2D eigenvalue weighted by molar-refractivity contribution is 5.92. The Morgan fingerprint density at radius 1 is 1.37 bits per heavy atom. The van der Waals surface area contributed by atoms with E-state index in [2.05, 4.69) is 0 Å². The van der Waals surface area contributed by atoms with Crippen LogP contribution in [-0.4, -0.2) is 11.6 Å². The number of halogens is 1. The lowest BCUT2D eigenvalue weighted by molar-refractivity contribution is 0.00679. The van der Waals surface area contributed by atoms with Crippen LogP contribution in [-0.2, 0) is 4.74 Å². The number of carbonyl (C=O) groups excluding carboxylic acids is 1. The van der Waals surface area contributed by atoms with Crippen LogP contribution in [0.4, 0.5) is 4.39 Å². The summed E-state index contributed by atoms with van der Waals surface area (Å²) in [5.41, 5.74) is 7.03. The maximum atomic E-state index is 13.9. The van der Waals surface area contributed by atoms with Gasteiger partial charge in [0.25, 0.3) is 0 Å². The van der Waals surface area contributed by atoms with Crippen molar-refractivity contribution in [2.24, 2.45) is 5.73 Å². The Balaban J connectivity index is 2.47. The van der Waals surface area contributed by atoms with Crippen molar-refractivity contribution in [3.05, 3.63) is 34.6 Å². The van der Waals surface area contributed by atoms with Gasteiger partial charge in [0.05, 0.1) is 5.56 Å². The Morgan fingerprint density at radius 2 is 2.00 bits per heavy atom. The quantitative estimate of drug-likeness (QED) is 0.793. The van der Waals surface area contributed by atoms with Gasteiger partial charge in [0.2, 0.25) is 0 Å². The molecule has 0 bridgehead atoms. The van der Waals surface area contributed by atoms with E-state index in [1.165, 1.54) is 12.1 Å².